The van der Waals surface area contributed by atoms with Crippen molar-refractivity contribution in [2.24, 2.45) is 11.8 Å². The summed E-state index contributed by atoms with van der Waals surface area (Å²) in [6.07, 6.45) is 5.30. The second-order valence-electron chi connectivity index (χ2n) is 7.38. The van der Waals surface area contributed by atoms with Crippen LogP contribution in [0.3, 0.4) is 0 Å². The molecule has 27 heavy (non-hydrogen) atoms. The first kappa shape index (κ1) is 21.6. The minimum atomic E-state index is -0.320. The summed E-state index contributed by atoms with van der Waals surface area (Å²) in [7, 11) is 0. The summed E-state index contributed by atoms with van der Waals surface area (Å²) in [5, 5.41) is 6.19. The van der Waals surface area contributed by atoms with E-state index >= 15 is 0 Å². The molecule has 2 fully saturated rings. The Labute approximate surface area is 166 Å². The van der Waals surface area contributed by atoms with Crippen LogP contribution in [0.1, 0.15) is 38.5 Å². The summed E-state index contributed by atoms with van der Waals surface area (Å²) in [5.74, 6) is 0.436. The molecule has 2 aliphatic heterocycles. The lowest BCUT2D eigenvalue weighted by Gasteiger charge is -2.32. The van der Waals surface area contributed by atoms with Gasteiger partial charge in [-0.2, -0.15) is 0 Å². The van der Waals surface area contributed by atoms with Crippen LogP contribution in [0.25, 0.3) is 0 Å². The number of carbonyl (C=O) groups excluding carboxylic acids is 2. The van der Waals surface area contributed by atoms with Crippen LogP contribution in [-0.4, -0.2) is 42.9 Å². The fourth-order valence-corrected chi connectivity index (χ4v) is 3.82. The average molecular weight is 398 g/mol. The number of halogens is 2. The zero-order valence-electron chi connectivity index (χ0n) is 15.6. The molecule has 0 unspecified atom stereocenters. The molecule has 2 heterocycles. The highest BCUT2D eigenvalue weighted by Crippen LogP contribution is 2.22. The second kappa shape index (κ2) is 10.6. The van der Waals surface area contributed by atoms with Crippen LogP contribution in [0.15, 0.2) is 24.3 Å². The van der Waals surface area contributed by atoms with Gasteiger partial charge >= 0.3 is 0 Å². The van der Waals surface area contributed by atoms with E-state index < -0.39 is 0 Å². The average Bonchev–Trinajstić information content (AvgIpc) is 2.69. The fourth-order valence-electron chi connectivity index (χ4n) is 3.82. The van der Waals surface area contributed by atoms with Gasteiger partial charge < -0.3 is 15.5 Å². The number of benzene rings is 1. The van der Waals surface area contributed by atoms with Gasteiger partial charge in [0.25, 0.3) is 0 Å². The molecule has 0 atom stereocenters. The van der Waals surface area contributed by atoms with Crippen molar-refractivity contribution in [3.63, 3.8) is 0 Å². The summed E-state index contributed by atoms with van der Waals surface area (Å²) >= 11 is 0. The van der Waals surface area contributed by atoms with Crippen LogP contribution >= 0.6 is 12.4 Å². The molecule has 1 aromatic carbocycles. The number of carbonyl (C=O) groups is 2. The van der Waals surface area contributed by atoms with Crippen LogP contribution in [0.4, 0.5) is 10.1 Å². The van der Waals surface area contributed by atoms with Crippen LogP contribution in [0.2, 0.25) is 0 Å². The summed E-state index contributed by atoms with van der Waals surface area (Å²) in [6.45, 7) is 3.42. The van der Waals surface area contributed by atoms with E-state index in [1.807, 2.05) is 4.90 Å². The van der Waals surface area contributed by atoms with Gasteiger partial charge in [0, 0.05) is 31.1 Å². The Hall–Kier alpha value is -1.66. The lowest BCUT2D eigenvalue weighted by Crippen LogP contribution is -2.41. The van der Waals surface area contributed by atoms with Crippen LogP contribution in [-0.2, 0) is 9.59 Å². The third-order valence-corrected chi connectivity index (χ3v) is 5.56. The zero-order chi connectivity index (χ0) is 18.4. The highest BCUT2D eigenvalue weighted by Gasteiger charge is 2.27. The number of nitrogens with one attached hydrogen (secondary N) is 2. The first-order valence-corrected chi connectivity index (χ1v) is 9.67. The maximum Gasteiger partial charge on any atom is 0.227 e. The first-order chi connectivity index (χ1) is 12.6. The van der Waals surface area contributed by atoms with Crippen molar-refractivity contribution in [3.05, 3.63) is 30.1 Å². The van der Waals surface area contributed by atoms with Gasteiger partial charge in [0.15, 0.2) is 0 Å². The summed E-state index contributed by atoms with van der Waals surface area (Å²) < 4.78 is 12.9. The normalized spacial score (nSPS) is 18.6. The molecule has 0 spiro atoms. The molecule has 7 heteroatoms. The molecule has 2 N–H and O–H groups in total. The van der Waals surface area contributed by atoms with Gasteiger partial charge in [-0.1, -0.05) is 0 Å². The van der Waals surface area contributed by atoms with Crippen LogP contribution in [0.5, 0.6) is 0 Å². The van der Waals surface area contributed by atoms with Gasteiger partial charge in [0.05, 0.1) is 0 Å². The van der Waals surface area contributed by atoms with E-state index in [9.17, 15) is 14.0 Å². The molecule has 1 aromatic rings. The fraction of sp³-hybridized carbons (Fsp3) is 0.600. The number of likely N-dealkylation sites (tertiary alicyclic amines) is 1. The molecule has 5 nitrogen and oxygen atoms in total. The van der Waals surface area contributed by atoms with E-state index in [1.165, 1.54) is 25.0 Å². The maximum atomic E-state index is 12.9. The number of hydrogen-bond acceptors (Lipinski definition) is 3. The molecule has 0 radical (unpaired) electrons. The van der Waals surface area contributed by atoms with Crippen molar-refractivity contribution in [3.8, 4) is 0 Å². The lowest BCUT2D eigenvalue weighted by molar-refractivity contribution is -0.134. The number of anilines is 1. The Bertz CT molecular complexity index is 612. The Kier molecular flexibility index (Phi) is 8.51. The standard InChI is InChI=1S/C20H28FN3O2.ClH/c21-17-2-4-18(5-3-17)23-20(26)16-9-13-24(14-10-16)19(25)6-1-15-7-11-22-12-8-15;/h2-5,15-16,22H,1,6-14H2,(H,23,26);1H. The molecule has 0 aliphatic carbocycles. The van der Waals surface area contributed by atoms with Crippen LogP contribution < -0.4 is 10.6 Å². The highest BCUT2D eigenvalue weighted by molar-refractivity contribution is 5.92. The van der Waals surface area contributed by atoms with Crippen molar-refractivity contribution in [2.45, 2.75) is 38.5 Å². The van der Waals surface area contributed by atoms with E-state index in [0.29, 0.717) is 44.0 Å². The Morgan fingerprint density at radius 2 is 1.70 bits per heavy atom. The number of nitrogens with zero attached hydrogens (tertiary/aromatic N) is 1. The van der Waals surface area contributed by atoms with E-state index in [2.05, 4.69) is 10.6 Å². The molecule has 0 aromatic heterocycles. The Morgan fingerprint density at radius 3 is 2.33 bits per heavy atom. The maximum absolute atomic E-state index is 12.9. The van der Waals surface area contributed by atoms with Gasteiger partial charge in [-0.15, -0.1) is 12.4 Å². The van der Waals surface area contributed by atoms with Crippen molar-refractivity contribution in [1.29, 1.82) is 0 Å². The Balaban J connectivity index is 0.00000261. The number of piperidine rings is 2. The van der Waals surface area contributed by atoms with E-state index in [-0.39, 0.29) is 36.0 Å². The minimum absolute atomic E-state index is 0. The summed E-state index contributed by atoms with van der Waals surface area (Å²) in [6, 6.07) is 5.79. The molecular weight excluding hydrogens is 369 g/mol. The van der Waals surface area contributed by atoms with Gasteiger partial charge in [-0.05, 0) is 75.4 Å². The van der Waals surface area contributed by atoms with Gasteiger partial charge in [0.1, 0.15) is 5.82 Å². The SMILES string of the molecule is Cl.O=C(Nc1ccc(F)cc1)C1CCN(C(=O)CCC2CCNCC2)CC1. The number of amides is 2. The summed E-state index contributed by atoms with van der Waals surface area (Å²) in [4.78, 5) is 26.7. The molecule has 2 aliphatic rings. The summed E-state index contributed by atoms with van der Waals surface area (Å²) in [5.41, 5.74) is 0.608. The van der Waals surface area contributed by atoms with Crippen molar-refractivity contribution in [1.82, 2.24) is 10.2 Å². The van der Waals surface area contributed by atoms with E-state index in [0.717, 1.165) is 19.5 Å². The second-order valence-corrected chi connectivity index (χ2v) is 7.38. The van der Waals surface area contributed by atoms with Gasteiger partial charge in [-0.25, -0.2) is 4.39 Å². The number of hydrogen-bond donors (Lipinski definition) is 2. The molecule has 0 bridgehead atoms. The smallest absolute Gasteiger partial charge is 0.227 e. The van der Waals surface area contributed by atoms with Crippen LogP contribution in [0, 0.1) is 17.7 Å². The largest absolute Gasteiger partial charge is 0.343 e. The number of rotatable bonds is 5. The third-order valence-electron chi connectivity index (χ3n) is 5.56. The van der Waals surface area contributed by atoms with E-state index in [1.54, 1.807) is 12.1 Å². The predicted octanol–water partition coefficient (Wildman–Crippen LogP) is 3.20. The molecule has 0 saturated carbocycles. The van der Waals surface area contributed by atoms with Crippen molar-refractivity contribution in [2.75, 3.05) is 31.5 Å². The lowest BCUT2D eigenvalue weighted by atomic mass is 9.92. The topological polar surface area (TPSA) is 61.4 Å². The zero-order valence-corrected chi connectivity index (χ0v) is 16.4. The molecular formula is C20H29ClFN3O2. The molecule has 2 amide bonds. The molecule has 150 valence electrons. The first-order valence-electron chi connectivity index (χ1n) is 9.67. The van der Waals surface area contributed by atoms with Crippen molar-refractivity contribution >= 4 is 29.9 Å². The highest BCUT2D eigenvalue weighted by atomic mass is 35.5. The minimum Gasteiger partial charge on any atom is -0.343 e. The quantitative estimate of drug-likeness (QED) is 0.802. The van der Waals surface area contributed by atoms with Gasteiger partial charge in [0.2, 0.25) is 11.8 Å². The van der Waals surface area contributed by atoms with Gasteiger partial charge in [-0.3, -0.25) is 9.59 Å². The van der Waals surface area contributed by atoms with Crippen molar-refractivity contribution < 1.29 is 14.0 Å². The monoisotopic (exact) mass is 397 g/mol. The Morgan fingerprint density at radius 1 is 1.07 bits per heavy atom. The predicted molar refractivity (Wildman–Crippen MR) is 106 cm³/mol. The molecule has 3 rings (SSSR count). The van der Waals surface area contributed by atoms with E-state index in [4.69, 9.17) is 0 Å². The third kappa shape index (κ3) is 6.47. The molecule has 2 saturated heterocycles.